The molecule has 1 heterocycles. The predicted molar refractivity (Wildman–Crippen MR) is 67.1 cm³/mol. The number of carboxylic acids is 1. The van der Waals surface area contributed by atoms with E-state index in [9.17, 15) is 22.4 Å². The van der Waals surface area contributed by atoms with Crippen molar-refractivity contribution in [3.8, 4) is 0 Å². The Balaban J connectivity index is 2.15. The minimum Gasteiger partial charge on any atom is -0.481 e. The van der Waals surface area contributed by atoms with Crippen LogP contribution in [0.1, 0.15) is 36.4 Å². The lowest BCUT2D eigenvalue weighted by molar-refractivity contribution is -0.140. The lowest BCUT2D eigenvalue weighted by Gasteiger charge is -2.30. The molecular formula is C14H15F4NO2. The Labute approximate surface area is 119 Å². The fourth-order valence-corrected chi connectivity index (χ4v) is 2.66. The van der Waals surface area contributed by atoms with Gasteiger partial charge in [0.1, 0.15) is 5.82 Å². The molecule has 2 rings (SSSR count). The van der Waals surface area contributed by atoms with Crippen molar-refractivity contribution in [1.82, 2.24) is 5.32 Å². The number of benzene rings is 1. The maximum Gasteiger partial charge on any atom is 0.419 e. The second kappa shape index (κ2) is 6.01. The van der Waals surface area contributed by atoms with Crippen LogP contribution in [0.2, 0.25) is 0 Å². The molecule has 1 fully saturated rings. The molecule has 2 N–H and O–H groups in total. The first-order chi connectivity index (χ1) is 9.77. The van der Waals surface area contributed by atoms with Crippen LogP contribution in [0.3, 0.4) is 0 Å². The Hall–Kier alpha value is -1.63. The van der Waals surface area contributed by atoms with E-state index in [1.807, 2.05) is 0 Å². The number of carboxylic acid groups (broad SMARTS) is 1. The Morgan fingerprint density at radius 1 is 1.38 bits per heavy atom. The van der Waals surface area contributed by atoms with Gasteiger partial charge in [-0.25, -0.2) is 4.39 Å². The molecule has 3 nitrogen and oxygen atoms in total. The normalized spacial score (nSPS) is 23.0. The van der Waals surface area contributed by atoms with E-state index in [4.69, 9.17) is 5.11 Å². The number of rotatable bonds is 3. The van der Waals surface area contributed by atoms with Gasteiger partial charge in [-0.3, -0.25) is 4.79 Å². The van der Waals surface area contributed by atoms with Crippen molar-refractivity contribution in [2.75, 3.05) is 6.54 Å². The lowest BCUT2D eigenvalue weighted by Crippen LogP contribution is -2.32. The SMILES string of the molecule is O=C(O)CC1CCNC(c2ccc(C(F)(F)F)c(F)c2)C1. The third-order valence-electron chi connectivity index (χ3n) is 3.68. The second-order valence-electron chi connectivity index (χ2n) is 5.23. The van der Waals surface area contributed by atoms with Gasteiger partial charge in [-0.05, 0) is 43.0 Å². The van der Waals surface area contributed by atoms with Gasteiger partial charge in [0.25, 0.3) is 0 Å². The van der Waals surface area contributed by atoms with E-state index in [0.29, 0.717) is 24.9 Å². The van der Waals surface area contributed by atoms with Gasteiger partial charge in [-0.1, -0.05) is 6.07 Å². The van der Waals surface area contributed by atoms with E-state index >= 15 is 0 Å². The number of aliphatic carboxylic acids is 1. The summed E-state index contributed by atoms with van der Waals surface area (Å²) in [7, 11) is 0. The fraction of sp³-hybridized carbons (Fsp3) is 0.500. The van der Waals surface area contributed by atoms with Gasteiger partial charge in [0, 0.05) is 12.5 Å². The van der Waals surface area contributed by atoms with E-state index in [0.717, 1.165) is 12.1 Å². The monoisotopic (exact) mass is 305 g/mol. The Morgan fingerprint density at radius 2 is 2.10 bits per heavy atom. The van der Waals surface area contributed by atoms with Crippen LogP contribution in [-0.4, -0.2) is 17.6 Å². The summed E-state index contributed by atoms with van der Waals surface area (Å²) in [5.41, 5.74) is -0.875. The number of carbonyl (C=O) groups is 1. The van der Waals surface area contributed by atoms with Crippen LogP contribution >= 0.6 is 0 Å². The maximum absolute atomic E-state index is 13.6. The van der Waals surface area contributed by atoms with Crippen molar-refractivity contribution >= 4 is 5.97 Å². The second-order valence-corrected chi connectivity index (χ2v) is 5.23. The molecule has 1 aliphatic heterocycles. The Kier molecular flexibility index (Phi) is 4.51. The van der Waals surface area contributed by atoms with Crippen molar-refractivity contribution in [3.05, 3.63) is 35.1 Å². The molecule has 1 saturated heterocycles. The van der Waals surface area contributed by atoms with E-state index in [1.165, 1.54) is 6.07 Å². The van der Waals surface area contributed by atoms with E-state index in [2.05, 4.69) is 5.32 Å². The molecule has 0 aliphatic carbocycles. The summed E-state index contributed by atoms with van der Waals surface area (Å²) in [4.78, 5) is 10.7. The number of alkyl halides is 3. The van der Waals surface area contributed by atoms with Crippen molar-refractivity contribution < 1.29 is 27.5 Å². The van der Waals surface area contributed by atoms with Crippen LogP contribution < -0.4 is 5.32 Å². The molecule has 0 saturated carbocycles. The standard InChI is InChI=1S/C14H15F4NO2/c15-11-7-9(1-2-10(11)14(16,17)18)12-5-8(3-4-19-12)6-13(20)21/h1-2,7-8,12,19H,3-6H2,(H,20,21). The van der Waals surface area contributed by atoms with Crippen molar-refractivity contribution in [3.63, 3.8) is 0 Å². The molecule has 0 bridgehead atoms. The first kappa shape index (κ1) is 15.8. The molecule has 7 heteroatoms. The van der Waals surface area contributed by atoms with Gasteiger partial charge in [-0.2, -0.15) is 13.2 Å². The Morgan fingerprint density at radius 3 is 2.67 bits per heavy atom. The van der Waals surface area contributed by atoms with Crippen LogP contribution in [0.25, 0.3) is 0 Å². The minimum absolute atomic E-state index is 0.0152. The summed E-state index contributed by atoms with van der Waals surface area (Å²) in [5, 5.41) is 11.9. The van der Waals surface area contributed by atoms with Crippen LogP contribution in [0.5, 0.6) is 0 Å². The largest absolute Gasteiger partial charge is 0.481 e. The van der Waals surface area contributed by atoms with E-state index in [1.54, 1.807) is 0 Å². The van der Waals surface area contributed by atoms with Crippen molar-refractivity contribution in [1.29, 1.82) is 0 Å². The minimum atomic E-state index is -4.71. The smallest absolute Gasteiger partial charge is 0.419 e. The summed E-state index contributed by atoms with van der Waals surface area (Å²) in [6.45, 7) is 0.561. The van der Waals surface area contributed by atoms with E-state index < -0.39 is 23.5 Å². The molecule has 1 aromatic rings. The van der Waals surface area contributed by atoms with Gasteiger partial charge >= 0.3 is 12.1 Å². The molecule has 0 radical (unpaired) electrons. The average Bonchev–Trinajstić information content (AvgIpc) is 2.36. The van der Waals surface area contributed by atoms with Gasteiger partial charge in [-0.15, -0.1) is 0 Å². The van der Waals surface area contributed by atoms with Gasteiger partial charge in [0.15, 0.2) is 0 Å². The molecular weight excluding hydrogens is 290 g/mol. The number of hydrogen-bond acceptors (Lipinski definition) is 2. The topological polar surface area (TPSA) is 49.3 Å². The lowest BCUT2D eigenvalue weighted by atomic mass is 9.86. The quantitative estimate of drug-likeness (QED) is 0.842. The molecule has 1 aromatic carbocycles. The molecule has 21 heavy (non-hydrogen) atoms. The molecule has 2 unspecified atom stereocenters. The molecule has 2 atom stereocenters. The number of nitrogens with one attached hydrogen (secondary N) is 1. The first-order valence-electron chi connectivity index (χ1n) is 6.59. The number of hydrogen-bond donors (Lipinski definition) is 2. The zero-order chi connectivity index (χ0) is 15.6. The zero-order valence-corrected chi connectivity index (χ0v) is 11.1. The van der Waals surface area contributed by atoms with E-state index in [-0.39, 0.29) is 18.4 Å². The van der Waals surface area contributed by atoms with Crippen molar-refractivity contribution in [2.24, 2.45) is 5.92 Å². The third kappa shape index (κ3) is 3.93. The highest BCUT2D eigenvalue weighted by Crippen LogP contribution is 2.34. The van der Waals surface area contributed by atoms with Gasteiger partial charge in [0.2, 0.25) is 0 Å². The molecule has 0 amide bonds. The predicted octanol–water partition coefficient (Wildman–Crippen LogP) is 3.36. The molecule has 0 aromatic heterocycles. The molecule has 116 valence electrons. The fourth-order valence-electron chi connectivity index (χ4n) is 2.66. The summed E-state index contributed by atoms with van der Waals surface area (Å²) in [5.74, 6) is -2.26. The van der Waals surface area contributed by atoms with Gasteiger partial charge in [0.05, 0.1) is 5.56 Å². The van der Waals surface area contributed by atoms with Crippen LogP contribution in [0.15, 0.2) is 18.2 Å². The van der Waals surface area contributed by atoms with Crippen LogP contribution in [-0.2, 0) is 11.0 Å². The number of piperidine rings is 1. The first-order valence-corrected chi connectivity index (χ1v) is 6.59. The molecule has 1 aliphatic rings. The average molecular weight is 305 g/mol. The zero-order valence-electron chi connectivity index (χ0n) is 11.1. The maximum atomic E-state index is 13.6. The highest BCUT2D eigenvalue weighted by molar-refractivity contribution is 5.67. The Bertz CT molecular complexity index is 530. The number of halogens is 4. The van der Waals surface area contributed by atoms with Gasteiger partial charge < -0.3 is 10.4 Å². The summed E-state index contributed by atoms with van der Waals surface area (Å²) in [6.07, 6.45) is -3.54. The third-order valence-corrected chi connectivity index (χ3v) is 3.68. The molecule has 0 spiro atoms. The summed E-state index contributed by atoms with van der Waals surface area (Å²) < 4.78 is 51.1. The summed E-state index contributed by atoms with van der Waals surface area (Å²) in [6, 6.07) is 2.53. The van der Waals surface area contributed by atoms with Crippen molar-refractivity contribution in [2.45, 2.75) is 31.5 Å². The highest BCUT2D eigenvalue weighted by atomic mass is 19.4. The van der Waals surface area contributed by atoms with Crippen LogP contribution in [0.4, 0.5) is 17.6 Å². The summed E-state index contributed by atoms with van der Waals surface area (Å²) >= 11 is 0. The highest BCUT2D eigenvalue weighted by Gasteiger charge is 2.34. The van der Waals surface area contributed by atoms with Crippen LogP contribution in [0, 0.1) is 11.7 Å².